The molecule has 0 aliphatic rings. The fraction of sp³-hybridized carbons (Fsp3) is 1.00. The molecule has 0 spiro atoms. The van der Waals surface area contributed by atoms with Gasteiger partial charge in [-0.2, -0.15) is 0 Å². The lowest BCUT2D eigenvalue weighted by molar-refractivity contribution is 0.0300. The summed E-state index contributed by atoms with van der Waals surface area (Å²) in [4.78, 5) is 0. The summed E-state index contributed by atoms with van der Waals surface area (Å²) in [5.74, 6) is 0.722. The van der Waals surface area contributed by atoms with Crippen LogP contribution >= 0.6 is 11.6 Å². The van der Waals surface area contributed by atoms with Crippen LogP contribution in [0.1, 0.15) is 34.6 Å². The average Bonchev–Trinajstić information content (AvgIpc) is 1.62. The molecule has 0 heterocycles. The lowest BCUT2D eigenvalue weighted by Crippen LogP contribution is -2.09. The van der Waals surface area contributed by atoms with E-state index in [1.807, 2.05) is 34.6 Å². The van der Waals surface area contributed by atoms with Crippen molar-refractivity contribution < 1.29 is 4.74 Å². The Labute approximate surface area is 69.7 Å². The van der Waals surface area contributed by atoms with Gasteiger partial charge in [0.15, 0.2) is 0 Å². The van der Waals surface area contributed by atoms with E-state index < -0.39 is 0 Å². The molecule has 0 aromatic rings. The molecule has 0 saturated heterocycles. The van der Waals surface area contributed by atoms with E-state index in [1.54, 1.807) is 0 Å². The Bertz CT molecular complexity index is 47.2. The number of halogens is 1. The topological polar surface area (TPSA) is 9.23 Å². The molecule has 0 aliphatic carbocycles. The second-order valence-electron chi connectivity index (χ2n) is 2.50. The van der Waals surface area contributed by atoms with E-state index in [0.717, 1.165) is 5.88 Å². The normalized spacial score (nSPS) is 9.60. The largest absolute Gasteiger partial charge is 0.376 e. The second-order valence-corrected chi connectivity index (χ2v) is 3.04. The zero-order valence-electron chi connectivity index (χ0n) is 7.65. The first-order valence-corrected chi connectivity index (χ1v) is 4.29. The molecule has 0 saturated carbocycles. The van der Waals surface area contributed by atoms with Gasteiger partial charge in [0.2, 0.25) is 0 Å². The lowest BCUT2D eigenvalue weighted by atomic mass is 10.4. The maximum atomic E-state index is 5.25. The van der Waals surface area contributed by atoms with Crippen molar-refractivity contribution in [1.82, 2.24) is 0 Å². The molecule has 10 heavy (non-hydrogen) atoms. The van der Waals surface area contributed by atoms with E-state index in [4.69, 9.17) is 16.3 Å². The van der Waals surface area contributed by atoms with Crippen molar-refractivity contribution in [3.8, 4) is 0 Å². The lowest BCUT2D eigenvalue weighted by Gasteiger charge is -2.09. The number of hydrogen-bond donors (Lipinski definition) is 0. The molecule has 2 heteroatoms. The van der Waals surface area contributed by atoms with Crippen LogP contribution in [0.15, 0.2) is 0 Å². The molecule has 0 aliphatic heterocycles. The third-order valence-corrected chi connectivity index (χ3v) is 0.544. The smallest absolute Gasteiger partial charge is 0.0522 e. The van der Waals surface area contributed by atoms with Gasteiger partial charge in [-0.1, -0.05) is 6.92 Å². The molecule has 0 aromatic heterocycles. The standard InChI is InChI=1S/C6H14O.C2H5Cl/c1-5(2)7-6(3)4;1-2-3/h5-6H,1-4H3;2H2,1H3. The summed E-state index contributed by atoms with van der Waals surface area (Å²) in [5.41, 5.74) is 0. The van der Waals surface area contributed by atoms with Crippen molar-refractivity contribution in [2.45, 2.75) is 46.8 Å². The van der Waals surface area contributed by atoms with Crippen molar-refractivity contribution in [2.24, 2.45) is 0 Å². The Balaban J connectivity index is 0. The Kier molecular flexibility index (Phi) is 11.9. The number of rotatable bonds is 2. The van der Waals surface area contributed by atoms with Crippen LogP contribution in [0, 0.1) is 0 Å². The molecule has 0 amide bonds. The molecular formula is C8H19ClO. The molecule has 0 atom stereocenters. The Morgan fingerprint density at radius 2 is 1.30 bits per heavy atom. The molecule has 1 nitrogen and oxygen atoms in total. The summed E-state index contributed by atoms with van der Waals surface area (Å²) < 4.78 is 5.25. The molecule has 0 fully saturated rings. The van der Waals surface area contributed by atoms with Crippen LogP contribution in [0.5, 0.6) is 0 Å². The quantitative estimate of drug-likeness (QED) is 0.573. The summed E-state index contributed by atoms with van der Waals surface area (Å²) in [6, 6.07) is 0. The highest BCUT2D eigenvalue weighted by molar-refractivity contribution is 6.17. The van der Waals surface area contributed by atoms with Crippen LogP contribution in [-0.2, 0) is 4.74 Å². The van der Waals surface area contributed by atoms with E-state index in [-0.39, 0.29) is 0 Å². The highest BCUT2D eigenvalue weighted by Gasteiger charge is 1.94. The molecule has 0 bridgehead atoms. The minimum Gasteiger partial charge on any atom is -0.376 e. The highest BCUT2D eigenvalue weighted by atomic mass is 35.5. The Morgan fingerprint density at radius 1 is 1.10 bits per heavy atom. The third-order valence-electron chi connectivity index (χ3n) is 0.544. The van der Waals surface area contributed by atoms with Crippen LogP contribution in [0.2, 0.25) is 0 Å². The zero-order chi connectivity index (χ0) is 8.57. The molecule has 0 unspecified atom stereocenters. The molecular weight excluding hydrogens is 148 g/mol. The fourth-order valence-corrected chi connectivity index (χ4v) is 0.544. The van der Waals surface area contributed by atoms with Crippen LogP contribution in [0.4, 0.5) is 0 Å². The summed E-state index contributed by atoms with van der Waals surface area (Å²) in [6.07, 6.45) is 0.750. The third kappa shape index (κ3) is 24.0. The minimum atomic E-state index is 0.375. The zero-order valence-corrected chi connectivity index (χ0v) is 8.40. The number of alkyl halides is 1. The highest BCUT2D eigenvalue weighted by Crippen LogP contribution is 1.93. The van der Waals surface area contributed by atoms with Gasteiger partial charge in [-0.15, -0.1) is 11.6 Å². The summed E-state index contributed by atoms with van der Waals surface area (Å²) in [7, 11) is 0. The fourth-order valence-electron chi connectivity index (χ4n) is 0.544. The Morgan fingerprint density at radius 3 is 1.30 bits per heavy atom. The first kappa shape index (κ1) is 12.9. The van der Waals surface area contributed by atoms with Crippen molar-refractivity contribution in [2.75, 3.05) is 5.88 Å². The van der Waals surface area contributed by atoms with Crippen LogP contribution in [-0.4, -0.2) is 18.1 Å². The van der Waals surface area contributed by atoms with E-state index in [9.17, 15) is 0 Å². The van der Waals surface area contributed by atoms with Crippen molar-refractivity contribution >= 4 is 11.6 Å². The van der Waals surface area contributed by atoms with E-state index in [1.165, 1.54) is 0 Å². The Hall–Kier alpha value is 0.250. The summed E-state index contributed by atoms with van der Waals surface area (Å²) >= 11 is 5.00. The molecule has 0 rings (SSSR count). The van der Waals surface area contributed by atoms with Gasteiger partial charge in [0.05, 0.1) is 12.2 Å². The van der Waals surface area contributed by atoms with Gasteiger partial charge in [-0.25, -0.2) is 0 Å². The van der Waals surface area contributed by atoms with Crippen LogP contribution in [0.25, 0.3) is 0 Å². The minimum absolute atomic E-state index is 0.375. The monoisotopic (exact) mass is 166 g/mol. The average molecular weight is 167 g/mol. The van der Waals surface area contributed by atoms with Crippen molar-refractivity contribution in [3.63, 3.8) is 0 Å². The predicted molar refractivity (Wildman–Crippen MR) is 47.8 cm³/mol. The molecule has 0 radical (unpaired) electrons. The summed E-state index contributed by atoms with van der Waals surface area (Å²) in [5, 5.41) is 0. The van der Waals surface area contributed by atoms with Gasteiger partial charge >= 0.3 is 0 Å². The SMILES string of the molecule is CC(C)OC(C)C.CCCl. The molecule has 64 valence electrons. The second kappa shape index (κ2) is 9.25. The van der Waals surface area contributed by atoms with Gasteiger partial charge in [-0.3, -0.25) is 0 Å². The number of hydrogen-bond acceptors (Lipinski definition) is 1. The summed E-state index contributed by atoms with van der Waals surface area (Å²) in [6.45, 7) is 10.1. The maximum absolute atomic E-state index is 5.25. The van der Waals surface area contributed by atoms with Crippen LogP contribution in [0.3, 0.4) is 0 Å². The first-order chi connectivity index (χ1) is 4.54. The van der Waals surface area contributed by atoms with Gasteiger partial charge in [0.25, 0.3) is 0 Å². The molecule has 0 aromatic carbocycles. The van der Waals surface area contributed by atoms with Gasteiger partial charge in [0.1, 0.15) is 0 Å². The van der Waals surface area contributed by atoms with Crippen molar-refractivity contribution in [3.05, 3.63) is 0 Å². The maximum Gasteiger partial charge on any atom is 0.0522 e. The van der Waals surface area contributed by atoms with E-state index in [0.29, 0.717) is 12.2 Å². The van der Waals surface area contributed by atoms with E-state index >= 15 is 0 Å². The van der Waals surface area contributed by atoms with Crippen LogP contribution < -0.4 is 0 Å². The predicted octanol–water partition coefficient (Wildman–Crippen LogP) is 3.06. The number of ether oxygens (including phenoxy) is 1. The van der Waals surface area contributed by atoms with Gasteiger partial charge in [-0.05, 0) is 27.7 Å². The first-order valence-electron chi connectivity index (χ1n) is 3.76. The van der Waals surface area contributed by atoms with E-state index in [2.05, 4.69) is 0 Å². The van der Waals surface area contributed by atoms with Crippen molar-refractivity contribution in [1.29, 1.82) is 0 Å². The van der Waals surface area contributed by atoms with Gasteiger partial charge < -0.3 is 4.74 Å². The molecule has 0 N–H and O–H groups in total. The van der Waals surface area contributed by atoms with Gasteiger partial charge in [0, 0.05) is 5.88 Å².